The second-order valence-electron chi connectivity index (χ2n) is 4.29. The Balaban J connectivity index is 2.13. The quantitative estimate of drug-likeness (QED) is 0.649. The third-order valence-electron chi connectivity index (χ3n) is 2.98. The molecular weight excluding hydrogens is 311 g/mol. The maximum atomic E-state index is 13.6. The lowest BCUT2D eigenvalue weighted by Gasteiger charge is -2.23. The van der Waals surface area contributed by atoms with Gasteiger partial charge in [-0.3, -0.25) is 9.71 Å². The maximum absolute atomic E-state index is 13.6. The summed E-state index contributed by atoms with van der Waals surface area (Å²) >= 11 is 7.51. The lowest BCUT2D eigenvalue weighted by molar-refractivity contribution is 0.585. The van der Waals surface area contributed by atoms with Crippen LogP contribution in [0.5, 0.6) is 0 Å². The second kappa shape index (κ2) is 5.91. The van der Waals surface area contributed by atoms with Crippen LogP contribution in [0.4, 0.5) is 10.1 Å². The molecule has 3 rings (SSSR count). The zero-order valence-corrected chi connectivity index (χ0v) is 12.7. The van der Waals surface area contributed by atoms with Crippen LogP contribution in [0.25, 0.3) is 11.1 Å². The molecule has 1 aliphatic rings. The van der Waals surface area contributed by atoms with Crippen LogP contribution in [-0.2, 0) is 0 Å². The van der Waals surface area contributed by atoms with Crippen molar-refractivity contribution in [1.29, 1.82) is 0 Å². The Bertz CT molecular complexity index is 720. The average Bonchev–Trinajstić information content (AvgIpc) is 2.50. The first kappa shape index (κ1) is 14.2. The van der Waals surface area contributed by atoms with Gasteiger partial charge in [0.25, 0.3) is 0 Å². The van der Waals surface area contributed by atoms with Crippen molar-refractivity contribution in [3.05, 3.63) is 41.4 Å². The zero-order chi connectivity index (χ0) is 14.8. The molecule has 21 heavy (non-hydrogen) atoms. The van der Waals surface area contributed by atoms with Crippen molar-refractivity contribution in [2.24, 2.45) is 4.99 Å². The molecule has 108 valence electrons. The molecule has 0 atom stereocenters. The van der Waals surface area contributed by atoms with Gasteiger partial charge >= 0.3 is 0 Å². The van der Waals surface area contributed by atoms with Crippen molar-refractivity contribution in [2.75, 3.05) is 11.9 Å². The molecule has 1 aromatic heterocycles. The first-order valence-electron chi connectivity index (χ1n) is 6.38. The molecule has 2 aromatic rings. The van der Waals surface area contributed by atoms with Crippen LogP contribution >= 0.6 is 23.5 Å². The van der Waals surface area contributed by atoms with E-state index in [1.54, 1.807) is 6.07 Å². The van der Waals surface area contributed by atoms with Crippen molar-refractivity contribution >= 4 is 35.2 Å². The van der Waals surface area contributed by atoms with E-state index in [0.29, 0.717) is 18.1 Å². The molecular formula is C14H12ClFN4S. The van der Waals surface area contributed by atoms with Crippen molar-refractivity contribution in [3.63, 3.8) is 0 Å². The van der Waals surface area contributed by atoms with Crippen LogP contribution in [0.1, 0.15) is 6.92 Å². The molecule has 0 saturated heterocycles. The summed E-state index contributed by atoms with van der Waals surface area (Å²) in [7, 11) is 0. The minimum atomic E-state index is -0.671. The summed E-state index contributed by atoms with van der Waals surface area (Å²) in [6, 6.07) is 7.47. The Morgan fingerprint density at radius 2 is 2.19 bits per heavy atom. The van der Waals surface area contributed by atoms with Crippen LogP contribution in [-0.4, -0.2) is 17.5 Å². The number of aromatic nitrogens is 1. The molecule has 1 aromatic carbocycles. The SMILES string of the molecule is CCN=C1NSc2cccc(-c3ccnc(F)c3Cl)c2N1. The van der Waals surface area contributed by atoms with Crippen molar-refractivity contribution in [2.45, 2.75) is 11.8 Å². The highest BCUT2D eigenvalue weighted by Crippen LogP contribution is 2.40. The summed E-state index contributed by atoms with van der Waals surface area (Å²) in [5.41, 5.74) is 2.28. The summed E-state index contributed by atoms with van der Waals surface area (Å²) in [5.74, 6) is 0.00362. The number of fused-ring (bicyclic) bond motifs is 1. The largest absolute Gasteiger partial charge is 0.324 e. The fourth-order valence-corrected chi connectivity index (χ4v) is 3.02. The highest BCUT2D eigenvalue weighted by atomic mass is 35.5. The number of hydrogen-bond acceptors (Lipinski definition) is 3. The number of nitrogens with one attached hydrogen (secondary N) is 2. The molecule has 0 radical (unpaired) electrons. The van der Waals surface area contributed by atoms with E-state index in [1.165, 1.54) is 18.1 Å². The number of pyridine rings is 1. The van der Waals surface area contributed by atoms with Gasteiger partial charge in [-0.05, 0) is 31.0 Å². The smallest absolute Gasteiger partial charge is 0.232 e. The third-order valence-corrected chi connectivity index (χ3v) is 4.20. The fourth-order valence-electron chi connectivity index (χ4n) is 2.07. The highest BCUT2D eigenvalue weighted by molar-refractivity contribution is 7.98. The van der Waals surface area contributed by atoms with Gasteiger partial charge < -0.3 is 5.32 Å². The minimum Gasteiger partial charge on any atom is -0.324 e. The number of para-hydroxylation sites is 1. The Kier molecular flexibility index (Phi) is 3.98. The van der Waals surface area contributed by atoms with Crippen LogP contribution in [0, 0.1) is 5.95 Å². The van der Waals surface area contributed by atoms with E-state index < -0.39 is 5.95 Å². The number of nitrogens with zero attached hydrogens (tertiary/aromatic N) is 2. The monoisotopic (exact) mass is 322 g/mol. The van der Waals surface area contributed by atoms with Gasteiger partial charge in [0.2, 0.25) is 11.9 Å². The molecule has 0 saturated carbocycles. The normalized spacial score (nSPS) is 15.3. The molecule has 1 aliphatic heterocycles. The van der Waals surface area contributed by atoms with Gasteiger partial charge in [-0.2, -0.15) is 4.39 Å². The van der Waals surface area contributed by atoms with E-state index in [-0.39, 0.29) is 5.02 Å². The Labute approximate surface area is 131 Å². The fraction of sp³-hybridized carbons (Fsp3) is 0.143. The van der Waals surface area contributed by atoms with Gasteiger partial charge in [-0.25, -0.2) is 4.98 Å². The molecule has 0 unspecified atom stereocenters. The Hall–Kier alpha value is -1.79. The van der Waals surface area contributed by atoms with Crippen LogP contribution in [0.15, 0.2) is 40.4 Å². The summed E-state index contributed by atoms with van der Waals surface area (Å²) in [5, 5.41) is 3.25. The summed E-state index contributed by atoms with van der Waals surface area (Å²) in [6.45, 7) is 2.62. The maximum Gasteiger partial charge on any atom is 0.232 e. The van der Waals surface area contributed by atoms with Gasteiger partial charge in [0.1, 0.15) is 5.02 Å². The Morgan fingerprint density at radius 3 is 3.00 bits per heavy atom. The first-order chi connectivity index (χ1) is 10.2. The molecule has 2 heterocycles. The molecule has 0 amide bonds. The van der Waals surface area contributed by atoms with Gasteiger partial charge in [0, 0.05) is 23.9 Å². The number of rotatable bonds is 2. The van der Waals surface area contributed by atoms with E-state index in [1.807, 2.05) is 25.1 Å². The van der Waals surface area contributed by atoms with E-state index >= 15 is 0 Å². The predicted octanol–water partition coefficient (Wildman–Crippen LogP) is 3.94. The van der Waals surface area contributed by atoms with Crippen LogP contribution < -0.4 is 10.0 Å². The molecule has 0 bridgehead atoms. The summed E-state index contributed by atoms with van der Waals surface area (Å²) in [6.07, 6.45) is 1.41. The average molecular weight is 323 g/mol. The minimum absolute atomic E-state index is 0.0187. The number of aliphatic imine (C=N–C) groups is 1. The predicted molar refractivity (Wildman–Crippen MR) is 85.2 cm³/mol. The standard InChI is InChI=1S/C14H12ClFN4S/c1-2-17-14-19-12-9(4-3-5-10(12)21-20-14)8-6-7-18-13(16)11(8)15/h3-7H,2H2,1H3,(H2,17,19,20). The van der Waals surface area contributed by atoms with Crippen molar-refractivity contribution in [3.8, 4) is 11.1 Å². The number of guanidine groups is 1. The van der Waals surface area contributed by atoms with E-state index in [4.69, 9.17) is 11.6 Å². The number of anilines is 1. The van der Waals surface area contributed by atoms with Gasteiger partial charge in [0.15, 0.2) is 0 Å². The number of halogens is 2. The molecule has 2 N–H and O–H groups in total. The van der Waals surface area contributed by atoms with Crippen molar-refractivity contribution in [1.82, 2.24) is 9.71 Å². The van der Waals surface area contributed by atoms with E-state index in [0.717, 1.165) is 16.1 Å². The number of benzene rings is 1. The first-order valence-corrected chi connectivity index (χ1v) is 7.58. The zero-order valence-electron chi connectivity index (χ0n) is 11.2. The third kappa shape index (κ3) is 2.69. The van der Waals surface area contributed by atoms with Crippen LogP contribution in [0.2, 0.25) is 5.02 Å². The van der Waals surface area contributed by atoms with Crippen molar-refractivity contribution < 1.29 is 4.39 Å². The molecule has 0 aliphatic carbocycles. The highest BCUT2D eigenvalue weighted by Gasteiger charge is 2.20. The Morgan fingerprint density at radius 1 is 1.33 bits per heavy atom. The molecule has 7 heteroatoms. The summed E-state index contributed by atoms with van der Waals surface area (Å²) in [4.78, 5) is 8.87. The summed E-state index contributed by atoms with van der Waals surface area (Å²) < 4.78 is 16.7. The lowest BCUT2D eigenvalue weighted by atomic mass is 10.0. The molecule has 4 nitrogen and oxygen atoms in total. The van der Waals surface area contributed by atoms with E-state index in [2.05, 4.69) is 20.0 Å². The van der Waals surface area contributed by atoms with Crippen LogP contribution in [0.3, 0.4) is 0 Å². The topological polar surface area (TPSA) is 49.3 Å². The van der Waals surface area contributed by atoms with E-state index in [9.17, 15) is 4.39 Å². The second-order valence-corrected chi connectivity index (χ2v) is 5.52. The lowest BCUT2D eigenvalue weighted by Crippen LogP contribution is -2.29. The van der Waals surface area contributed by atoms with Gasteiger partial charge in [-0.1, -0.05) is 23.7 Å². The van der Waals surface area contributed by atoms with Gasteiger partial charge in [0.05, 0.1) is 10.6 Å². The van der Waals surface area contributed by atoms with Gasteiger partial charge in [-0.15, -0.1) is 0 Å². The molecule has 0 fully saturated rings. The number of hydrogen-bond donors (Lipinski definition) is 2. The molecule has 0 spiro atoms.